The molecule has 1 amide bonds. The number of nitrogens with zero attached hydrogens (tertiary/aromatic N) is 1. The van der Waals surface area contributed by atoms with Crippen molar-refractivity contribution in [2.24, 2.45) is 0 Å². The fourth-order valence-corrected chi connectivity index (χ4v) is 3.75. The van der Waals surface area contributed by atoms with E-state index in [1.807, 2.05) is 11.8 Å². The molecule has 1 spiro atoms. The highest BCUT2D eigenvalue weighted by Gasteiger charge is 2.51. The fourth-order valence-electron chi connectivity index (χ4n) is 3.41. The summed E-state index contributed by atoms with van der Waals surface area (Å²) in [6.07, 6.45) is 10.2. The van der Waals surface area contributed by atoms with E-state index in [4.69, 9.17) is 0 Å². The van der Waals surface area contributed by atoms with Crippen LogP contribution >= 0.6 is 11.8 Å². The van der Waals surface area contributed by atoms with Gasteiger partial charge >= 0.3 is 0 Å². The molecule has 1 saturated heterocycles. The van der Waals surface area contributed by atoms with Crippen molar-refractivity contribution >= 4 is 17.7 Å². The SMILES string of the molecule is CCCC1NC2(CCCC2)C(=O)N1CCC(C)SC. The van der Waals surface area contributed by atoms with Gasteiger partial charge in [0.15, 0.2) is 0 Å². The lowest BCUT2D eigenvalue weighted by Gasteiger charge is -2.25. The molecule has 2 rings (SSSR count). The van der Waals surface area contributed by atoms with Crippen LogP contribution in [-0.4, -0.2) is 40.6 Å². The van der Waals surface area contributed by atoms with Gasteiger partial charge in [0.1, 0.15) is 0 Å². The third-order valence-electron chi connectivity index (χ3n) is 4.69. The van der Waals surface area contributed by atoms with Crippen LogP contribution in [0.3, 0.4) is 0 Å². The molecule has 3 nitrogen and oxygen atoms in total. The third kappa shape index (κ3) is 3.10. The maximum atomic E-state index is 12.8. The molecule has 0 bridgehead atoms. The van der Waals surface area contributed by atoms with Crippen LogP contribution in [0.25, 0.3) is 0 Å². The van der Waals surface area contributed by atoms with Crippen molar-refractivity contribution in [3.05, 3.63) is 0 Å². The zero-order chi connectivity index (χ0) is 13.9. The average molecular weight is 284 g/mol. The van der Waals surface area contributed by atoms with Crippen LogP contribution in [0.15, 0.2) is 0 Å². The standard InChI is InChI=1S/C15H28N2OS/c1-4-7-13-16-15(9-5-6-10-15)14(18)17(13)11-8-12(2)19-3/h12-13,16H,4-11H2,1-3H3. The van der Waals surface area contributed by atoms with E-state index < -0.39 is 0 Å². The molecule has 1 saturated carbocycles. The van der Waals surface area contributed by atoms with E-state index in [-0.39, 0.29) is 11.7 Å². The second kappa shape index (κ2) is 6.49. The van der Waals surface area contributed by atoms with E-state index in [0.717, 1.165) is 38.6 Å². The molecule has 1 heterocycles. The Morgan fingerprint density at radius 2 is 2.16 bits per heavy atom. The summed E-state index contributed by atoms with van der Waals surface area (Å²) in [6, 6.07) is 0. The molecule has 1 aliphatic carbocycles. The van der Waals surface area contributed by atoms with Gasteiger partial charge in [-0.3, -0.25) is 10.1 Å². The molecule has 1 aliphatic heterocycles. The first-order valence-corrected chi connectivity index (χ1v) is 9.03. The number of nitrogens with one attached hydrogen (secondary N) is 1. The average Bonchev–Trinajstić information content (AvgIpc) is 2.96. The zero-order valence-corrected chi connectivity index (χ0v) is 13.4. The van der Waals surface area contributed by atoms with Crippen molar-refractivity contribution < 1.29 is 4.79 Å². The highest BCUT2D eigenvalue weighted by molar-refractivity contribution is 7.99. The molecule has 110 valence electrons. The molecular formula is C15H28N2OS. The van der Waals surface area contributed by atoms with Crippen molar-refractivity contribution in [2.45, 2.75) is 75.7 Å². The van der Waals surface area contributed by atoms with Crippen LogP contribution in [0.4, 0.5) is 0 Å². The Balaban J connectivity index is 2.03. The van der Waals surface area contributed by atoms with E-state index in [1.54, 1.807) is 0 Å². The van der Waals surface area contributed by atoms with Gasteiger partial charge in [-0.05, 0) is 31.9 Å². The Bertz CT molecular complexity index is 315. The predicted octanol–water partition coefficient (Wildman–Crippen LogP) is 3.00. The molecular weight excluding hydrogens is 256 g/mol. The minimum Gasteiger partial charge on any atom is -0.325 e. The van der Waals surface area contributed by atoms with Crippen LogP contribution in [0.1, 0.15) is 58.8 Å². The van der Waals surface area contributed by atoms with Crippen LogP contribution in [0.2, 0.25) is 0 Å². The second-order valence-electron chi connectivity index (χ2n) is 6.07. The Labute approximate surface area is 121 Å². The van der Waals surface area contributed by atoms with Crippen molar-refractivity contribution in [1.29, 1.82) is 0 Å². The van der Waals surface area contributed by atoms with E-state index in [9.17, 15) is 4.79 Å². The Kier molecular flexibility index (Phi) is 5.18. The number of carbonyl (C=O) groups is 1. The molecule has 2 fully saturated rings. The molecule has 0 aromatic carbocycles. The summed E-state index contributed by atoms with van der Waals surface area (Å²) in [5, 5.41) is 4.31. The molecule has 2 unspecified atom stereocenters. The second-order valence-corrected chi connectivity index (χ2v) is 7.35. The van der Waals surface area contributed by atoms with E-state index >= 15 is 0 Å². The number of rotatable bonds is 6. The molecule has 0 radical (unpaired) electrons. The van der Waals surface area contributed by atoms with Gasteiger partial charge in [0.25, 0.3) is 0 Å². The lowest BCUT2D eigenvalue weighted by molar-refractivity contribution is -0.133. The van der Waals surface area contributed by atoms with E-state index in [2.05, 4.69) is 30.3 Å². The summed E-state index contributed by atoms with van der Waals surface area (Å²) in [4.78, 5) is 14.9. The number of hydrogen-bond donors (Lipinski definition) is 1. The minimum absolute atomic E-state index is 0.192. The first-order valence-electron chi connectivity index (χ1n) is 7.74. The number of thioether (sulfide) groups is 1. The summed E-state index contributed by atoms with van der Waals surface area (Å²) in [7, 11) is 0. The molecule has 1 N–H and O–H groups in total. The number of hydrogen-bond acceptors (Lipinski definition) is 3. The van der Waals surface area contributed by atoms with Crippen LogP contribution in [0.5, 0.6) is 0 Å². The smallest absolute Gasteiger partial charge is 0.244 e. The first-order chi connectivity index (χ1) is 9.13. The van der Waals surface area contributed by atoms with E-state index in [1.165, 1.54) is 12.8 Å². The van der Waals surface area contributed by atoms with Crippen molar-refractivity contribution in [3.8, 4) is 0 Å². The summed E-state index contributed by atoms with van der Waals surface area (Å²) in [5.74, 6) is 0.386. The predicted molar refractivity (Wildman–Crippen MR) is 82.3 cm³/mol. The molecule has 19 heavy (non-hydrogen) atoms. The zero-order valence-electron chi connectivity index (χ0n) is 12.6. The summed E-state index contributed by atoms with van der Waals surface area (Å²) < 4.78 is 0. The first kappa shape index (κ1) is 15.2. The lowest BCUT2D eigenvalue weighted by atomic mass is 9.98. The minimum atomic E-state index is -0.192. The fraction of sp³-hybridized carbons (Fsp3) is 0.933. The van der Waals surface area contributed by atoms with Crippen LogP contribution in [0, 0.1) is 0 Å². The summed E-state index contributed by atoms with van der Waals surface area (Å²) in [5.41, 5.74) is -0.192. The monoisotopic (exact) mass is 284 g/mol. The van der Waals surface area contributed by atoms with Crippen molar-refractivity contribution in [2.75, 3.05) is 12.8 Å². The van der Waals surface area contributed by atoms with Gasteiger partial charge in [0.05, 0.1) is 11.7 Å². The topological polar surface area (TPSA) is 32.3 Å². The van der Waals surface area contributed by atoms with Gasteiger partial charge in [-0.15, -0.1) is 0 Å². The number of amides is 1. The van der Waals surface area contributed by atoms with Gasteiger partial charge in [-0.25, -0.2) is 0 Å². The van der Waals surface area contributed by atoms with Gasteiger partial charge in [-0.1, -0.05) is 33.1 Å². The van der Waals surface area contributed by atoms with Gasteiger partial charge < -0.3 is 4.90 Å². The maximum absolute atomic E-state index is 12.8. The Morgan fingerprint density at radius 3 is 2.74 bits per heavy atom. The van der Waals surface area contributed by atoms with Gasteiger partial charge in [-0.2, -0.15) is 11.8 Å². The number of carbonyl (C=O) groups excluding carboxylic acids is 1. The molecule has 4 heteroatoms. The quantitative estimate of drug-likeness (QED) is 0.814. The molecule has 0 aromatic heterocycles. The summed E-state index contributed by atoms with van der Waals surface area (Å²) in [6.45, 7) is 5.37. The summed E-state index contributed by atoms with van der Waals surface area (Å²) >= 11 is 1.89. The van der Waals surface area contributed by atoms with Gasteiger partial charge in [0, 0.05) is 11.8 Å². The molecule has 2 atom stereocenters. The third-order valence-corrected chi connectivity index (χ3v) is 5.73. The highest BCUT2D eigenvalue weighted by atomic mass is 32.2. The van der Waals surface area contributed by atoms with Crippen molar-refractivity contribution in [3.63, 3.8) is 0 Å². The molecule has 0 aromatic rings. The Morgan fingerprint density at radius 1 is 1.47 bits per heavy atom. The largest absolute Gasteiger partial charge is 0.325 e. The highest BCUT2D eigenvalue weighted by Crippen LogP contribution is 2.37. The lowest BCUT2D eigenvalue weighted by Crippen LogP contribution is -2.44. The molecule has 2 aliphatic rings. The van der Waals surface area contributed by atoms with Crippen LogP contribution in [-0.2, 0) is 4.79 Å². The maximum Gasteiger partial charge on any atom is 0.244 e. The van der Waals surface area contributed by atoms with Gasteiger partial charge in [0.2, 0.25) is 5.91 Å². The van der Waals surface area contributed by atoms with E-state index in [0.29, 0.717) is 11.2 Å². The normalized spacial score (nSPS) is 27.4. The van der Waals surface area contributed by atoms with Crippen LogP contribution < -0.4 is 5.32 Å². The van der Waals surface area contributed by atoms with Crippen molar-refractivity contribution in [1.82, 2.24) is 10.2 Å². The Hall–Kier alpha value is -0.220.